The molecule has 13 rings (SSSR count). The van der Waals surface area contributed by atoms with E-state index in [1.165, 1.54) is 32.7 Å². The van der Waals surface area contributed by atoms with E-state index in [-0.39, 0.29) is 0 Å². The van der Waals surface area contributed by atoms with Crippen molar-refractivity contribution in [3.05, 3.63) is 194 Å². The standard InChI is InChI=1S/C55H32N4O/c1-4-14-33(15-5-1)44-32-48-50(41-23-11-10-22-40(41)44)42-27-26-37-29-47(42)59(48)39-30-45(34-16-6-2-7-17-34)52-46(31-39)51-43(24-13-25-49(51)60-52)55-57-53(35-18-8-3-9-19-35)56-54(58-55)38-21-12-20-36(37)28-38/h1-32H. The van der Waals surface area contributed by atoms with Crippen molar-refractivity contribution in [1.82, 2.24) is 19.4 Å². The number of aromatic nitrogens is 4. The summed E-state index contributed by atoms with van der Waals surface area (Å²) in [6.07, 6.45) is 0. The first-order valence-electron chi connectivity index (χ1n) is 20.3. The van der Waals surface area contributed by atoms with Gasteiger partial charge in [-0.3, -0.25) is 0 Å². The fraction of sp³-hybridized carbons (Fsp3) is 0. The number of nitrogens with zero attached hydrogens (tertiary/aromatic N) is 4. The van der Waals surface area contributed by atoms with Crippen LogP contribution in [0.5, 0.6) is 0 Å². The van der Waals surface area contributed by atoms with Gasteiger partial charge in [-0.15, -0.1) is 0 Å². The minimum Gasteiger partial charge on any atom is -0.455 e. The Morgan fingerprint density at radius 2 is 1.02 bits per heavy atom. The minimum atomic E-state index is 0.590. The van der Waals surface area contributed by atoms with Crippen molar-refractivity contribution in [2.45, 2.75) is 0 Å². The highest BCUT2D eigenvalue weighted by Crippen LogP contribution is 2.44. The maximum Gasteiger partial charge on any atom is 0.164 e. The molecular formula is C55H32N4O. The molecule has 5 heteroatoms. The smallest absolute Gasteiger partial charge is 0.164 e. The van der Waals surface area contributed by atoms with Crippen LogP contribution in [0.3, 0.4) is 0 Å². The van der Waals surface area contributed by atoms with Gasteiger partial charge in [-0.25, -0.2) is 15.0 Å². The molecule has 0 radical (unpaired) electrons. The van der Waals surface area contributed by atoms with Crippen LogP contribution < -0.4 is 0 Å². The fourth-order valence-electron chi connectivity index (χ4n) is 9.43. The second-order valence-electron chi connectivity index (χ2n) is 15.6. The molecule has 0 atom stereocenters. The van der Waals surface area contributed by atoms with Gasteiger partial charge >= 0.3 is 0 Å². The Labute approximate surface area is 343 Å². The number of hydrogen-bond donors (Lipinski definition) is 0. The van der Waals surface area contributed by atoms with E-state index < -0.39 is 0 Å². The largest absolute Gasteiger partial charge is 0.455 e. The molecule has 4 heterocycles. The molecule has 4 aromatic heterocycles. The molecule has 278 valence electrons. The van der Waals surface area contributed by atoms with Gasteiger partial charge in [0, 0.05) is 49.0 Å². The van der Waals surface area contributed by atoms with Crippen molar-refractivity contribution in [3.63, 3.8) is 0 Å². The Hall–Kier alpha value is -8.15. The van der Waals surface area contributed by atoms with E-state index in [9.17, 15) is 0 Å². The van der Waals surface area contributed by atoms with Crippen LogP contribution in [0, 0.1) is 0 Å². The molecule has 13 aromatic rings. The van der Waals surface area contributed by atoms with Crippen LogP contribution in [0.1, 0.15) is 0 Å². The molecule has 0 unspecified atom stereocenters. The van der Waals surface area contributed by atoms with Crippen molar-refractivity contribution >= 4 is 92.9 Å². The van der Waals surface area contributed by atoms with Crippen LogP contribution in [-0.4, -0.2) is 19.4 Å². The molecule has 5 nitrogen and oxygen atoms in total. The van der Waals surface area contributed by atoms with E-state index in [0.717, 1.165) is 76.7 Å². The second-order valence-corrected chi connectivity index (χ2v) is 15.6. The SMILES string of the molecule is c1ccc(-c2nc3nc(n2)c2cccc4oc5c(-c6ccccc6)cc(cc5c42)n2c4cc(ccc4c4c5ccccc5c(-c5ccccc5)cc42)c2cccc3c2)cc1. The Morgan fingerprint density at radius 3 is 1.82 bits per heavy atom. The second kappa shape index (κ2) is 12.7. The molecule has 0 aliphatic rings. The van der Waals surface area contributed by atoms with Crippen LogP contribution >= 0.6 is 0 Å². The molecule has 9 aromatic carbocycles. The molecule has 0 saturated carbocycles. The summed E-state index contributed by atoms with van der Waals surface area (Å²) >= 11 is 0. The fourth-order valence-corrected chi connectivity index (χ4v) is 9.43. The first-order chi connectivity index (χ1) is 29.7. The maximum absolute atomic E-state index is 6.94. The first kappa shape index (κ1) is 32.9. The highest BCUT2D eigenvalue weighted by Gasteiger charge is 2.20. The topological polar surface area (TPSA) is 56.2 Å². The normalized spacial score (nSPS) is 12.0. The Kier molecular flexibility index (Phi) is 6.95. The number of benzene rings is 9. The Balaban J connectivity index is 1.32. The van der Waals surface area contributed by atoms with Gasteiger partial charge in [0.2, 0.25) is 0 Å². The van der Waals surface area contributed by atoms with Crippen molar-refractivity contribution in [3.8, 4) is 33.6 Å². The zero-order valence-corrected chi connectivity index (χ0v) is 32.2. The lowest BCUT2D eigenvalue weighted by molar-refractivity contribution is 0.670. The Morgan fingerprint density at radius 1 is 0.367 bits per heavy atom. The van der Waals surface area contributed by atoms with E-state index in [0.29, 0.717) is 17.1 Å². The third-order valence-electron chi connectivity index (χ3n) is 12.1. The number of rotatable bonds is 3. The quantitative estimate of drug-likeness (QED) is 0.180. The highest BCUT2D eigenvalue weighted by molar-refractivity contribution is 6.26. The van der Waals surface area contributed by atoms with Gasteiger partial charge in [0.05, 0.1) is 11.0 Å². The van der Waals surface area contributed by atoms with E-state index in [4.69, 9.17) is 19.4 Å². The number of furan rings is 1. The van der Waals surface area contributed by atoms with Gasteiger partial charge < -0.3 is 8.82 Å². The minimum absolute atomic E-state index is 0.590. The molecule has 0 fully saturated rings. The predicted octanol–water partition coefficient (Wildman–Crippen LogP) is 14.5. The van der Waals surface area contributed by atoms with Crippen LogP contribution in [0.15, 0.2) is 199 Å². The zero-order valence-electron chi connectivity index (χ0n) is 32.2. The lowest BCUT2D eigenvalue weighted by Gasteiger charge is -2.10. The van der Waals surface area contributed by atoms with Crippen LogP contribution in [-0.2, 0) is 0 Å². The van der Waals surface area contributed by atoms with Gasteiger partial charge in [0.15, 0.2) is 17.1 Å². The molecule has 0 N–H and O–H groups in total. The van der Waals surface area contributed by atoms with Crippen molar-refractivity contribution < 1.29 is 4.42 Å². The maximum atomic E-state index is 6.94. The number of hydrogen-bond acceptors (Lipinski definition) is 4. The van der Waals surface area contributed by atoms with E-state index >= 15 is 0 Å². The summed E-state index contributed by atoms with van der Waals surface area (Å²) in [7, 11) is 0. The van der Waals surface area contributed by atoms with Gasteiger partial charge in [-0.05, 0) is 74.6 Å². The van der Waals surface area contributed by atoms with Crippen molar-refractivity contribution in [2.24, 2.45) is 0 Å². The Bertz CT molecular complexity index is 3930. The summed E-state index contributed by atoms with van der Waals surface area (Å²) in [5, 5.41) is 10.8. The summed E-state index contributed by atoms with van der Waals surface area (Å²) in [6, 6.07) is 69.0. The molecule has 8 bridgehead atoms. The van der Waals surface area contributed by atoms with Crippen molar-refractivity contribution in [2.75, 3.05) is 0 Å². The molecule has 0 spiro atoms. The summed E-state index contributed by atoms with van der Waals surface area (Å²) in [6.45, 7) is 0. The molecule has 60 heavy (non-hydrogen) atoms. The van der Waals surface area contributed by atoms with Crippen molar-refractivity contribution in [1.29, 1.82) is 0 Å². The summed E-state index contributed by atoms with van der Waals surface area (Å²) in [4.78, 5) is 15.6. The molecule has 0 aliphatic heterocycles. The van der Waals surface area contributed by atoms with Gasteiger partial charge in [-0.1, -0.05) is 158 Å². The molecule has 0 saturated heterocycles. The third-order valence-corrected chi connectivity index (χ3v) is 12.1. The lowest BCUT2D eigenvalue weighted by atomic mass is 9.95. The highest BCUT2D eigenvalue weighted by atomic mass is 16.3. The summed E-state index contributed by atoms with van der Waals surface area (Å²) in [5.74, 6) is 0.617. The van der Waals surface area contributed by atoms with Gasteiger partial charge in [0.25, 0.3) is 0 Å². The van der Waals surface area contributed by atoms with Crippen LogP contribution in [0.25, 0.3) is 127 Å². The van der Waals surface area contributed by atoms with E-state index in [1.54, 1.807) is 0 Å². The predicted molar refractivity (Wildman–Crippen MR) is 248 cm³/mol. The average Bonchev–Trinajstić information content (AvgIpc) is 3.87. The van der Waals surface area contributed by atoms with Crippen LogP contribution in [0.4, 0.5) is 0 Å². The van der Waals surface area contributed by atoms with E-state index in [2.05, 4.69) is 174 Å². The third kappa shape index (κ3) is 4.90. The van der Waals surface area contributed by atoms with Gasteiger partial charge in [-0.2, -0.15) is 0 Å². The summed E-state index contributed by atoms with van der Waals surface area (Å²) in [5.41, 5.74) is 11.5. The van der Waals surface area contributed by atoms with Gasteiger partial charge in [0.1, 0.15) is 11.2 Å². The zero-order chi connectivity index (χ0) is 39.3. The van der Waals surface area contributed by atoms with Crippen LogP contribution in [0.2, 0.25) is 0 Å². The molecular weight excluding hydrogens is 733 g/mol. The monoisotopic (exact) mass is 764 g/mol. The average molecular weight is 765 g/mol. The van der Waals surface area contributed by atoms with E-state index in [1.807, 2.05) is 24.3 Å². The number of fused-ring (bicyclic) bond motifs is 15. The molecule has 0 aliphatic carbocycles. The lowest BCUT2D eigenvalue weighted by Crippen LogP contribution is -1.94. The summed E-state index contributed by atoms with van der Waals surface area (Å²) < 4.78 is 9.41. The molecule has 0 amide bonds. The first-order valence-corrected chi connectivity index (χ1v) is 20.3.